The first-order valence-electron chi connectivity index (χ1n) is 6.18. The van der Waals surface area contributed by atoms with Crippen molar-refractivity contribution >= 4 is 0 Å². The maximum atomic E-state index is 6.08. The molecule has 1 unspecified atom stereocenters. The van der Waals surface area contributed by atoms with Crippen LogP contribution in [0, 0.1) is 0 Å². The zero-order valence-electron chi connectivity index (χ0n) is 10.3. The first-order valence-corrected chi connectivity index (χ1v) is 6.18. The molecule has 0 aliphatic heterocycles. The third-order valence-corrected chi connectivity index (χ3v) is 2.95. The number of hydrogen-bond donors (Lipinski definition) is 1. The van der Waals surface area contributed by atoms with Crippen LogP contribution < -0.4 is 5.73 Å². The van der Waals surface area contributed by atoms with Gasteiger partial charge in [0, 0.05) is 37.4 Å². The summed E-state index contributed by atoms with van der Waals surface area (Å²) in [5.41, 5.74) is 7.31. The fraction of sp³-hybridized carbons (Fsp3) is 0.462. The van der Waals surface area contributed by atoms with Gasteiger partial charge in [-0.2, -0.15) is 5.10 Å². The minimum absolute atomic E-state index is 0.172. The average molecular weight is 232 g/mol. The second-order valence-corrected chi connectivity index (χ2v) is 4.35. The molecule has 2 heterocycles. The molecule has 2 aromatic rings. The van der Waals surface area contributed by atoms with E-state index in [1.165, 1.54) is 5.56 Å². The Morgan fingerprint density at radius 3 is 2.94 bits per heavy atom. The molecule has 0 saturated carbocycles. The largest absolute Gasteiger partial charge is 0.352 e. The van der Waals surface area contributed by atoms with Gasteiger partial charge in [0.15, 0.2) is 0 Å². The van der Waals surface area contributed by atoms with E-state index in [2.05, 4.69) is 35.0 Å². The molecule has 0 bridgehead atoms. The van der Waals surface area contributed by atoms with Gasteiger partial charge >= 0.3 is 0 Å². The third kappa shape index (κ3) is 3.20. The molecular formula is C13H20N4. The van der Waals surface area contributed by atoms with Gasteiger partial charge in [0.25, 0.3) is 0 Å². The summed E-state index contributed by atoms with van der Waals surface area (Å²) in [7, 11) is 0. The number of hydrogen-bond acceptors (Lipinski definition) is 2. The van der Waals surface area contributed by atoms with Crippen LogP contribution in [0.15, 0.2) is 36.9 Å². The highest BCUT2D eigenvalue weighted by Gasteiger charge is 2.06. The van der Waals surface area contributed by atoms with E-state index in [1.807, 2.05) is 16.9 Å². The van der Waals surface area contributed by atoms with Gasteiger partial charge in [-0.05, 0) is 24.1 Å². The molecule has 0 spiro atoms. The van der Waals surface area contributed by atoms with Crippen LogP contribution in [0.1, 0.15) is 31.4 Å². The first kappa shape index (κ1) is 11.9. The SMILES string of the molecule is CCCC(N)c1ccn(CCn2cccn2)c1. The Hall–Kier alpha value is -1.55. The summed E-state index contributed by atoms with van der Waals surface area (Å²) in [4.78, 5) is 0. The molecule has 0 aromatic carbocycles. The Kier molecular flexibility index (Phi) is 3.98. The van der Waals surface area contributed by atoms with Gasteiger partial charge in [-0.15, -0.1) is 0 Å². The standard InChI is InChI=1S/C13H20N4/c1-2-4-13(14)12-5-8-16(11-12)9-10-17-7-3-6-15-17/h3,5-8,11,13H,2,4,9-10,14H2,1H3. The molecule has 92 valence electrons. The normalized spacial score (nSPS) is 12.8. The van der Waals surface area contributed by atoms with Crippen LogP contribution in [0.5, 0.6) is 0 Å². The van der Waals surface area contributed by atoms with Crippen molar-refractivity contribution in [2.75, 3.05) is 0 Å². The molecule has 4 heteroatoms. The lowest BCUT2D eigenvalue weighted by atomic mass is 10.1. The molecule has 0 fully saturated rings. The zero-order valence-corrected chi connectivity index (χ0v) is 10.3. The lowest BCUT2D eigenvalue weighted by Gasteiger charge is -2.07. The van der Waals surface area contributed by atoms with Crippen molar-refractivity contribution in [1.82, 2.24) is 14.3 Å². The van der Waals surface area contributed by atoms with Crippen molar-refractivity contribution in [3.05, 3.63) is 42.5 Å². The Balaban J connectivity index is 1.89. The quantitative estimate of drug-likeness (QED) is 0.830. The predicted octanol–water partition coefficient (Wildman–Crippen LogP) is 2.18. The number of aryl methyl sites for hydroxylation is 2. The molecule has 2 aromatic heterocycles. The van der Waals surface area contributed by atoms with Gasteiger partial charge in [-0.1, -0.05) is 13.3 Å². The van der Waals surface area contributed by atoms with E-state index < -0.39 is 0 Å². The summed E-state index contributed by atoms with van der Waals surface area (Å²) in [6.45, 7) is 3.99. The first-order chi connectivity index (χ1) is 8.29. The van der Waals surface area contributed by atoms with Crippen LogP contribution in [-0.2, 0) is 13.1 Å². The summed E-state index contributed by atoms with van der Waals surface area (Å²) in [6, 6.07) is 4.23. The number of nitrogens with zero attached hydrogens (tertiary/aromatic N) is 3. The lowest BCUT2D eigenvalue weighted by molar-refractivity contribution is 0.533. The Bertz CT molecular complexity index is 430. The Morgan fingerprint density at radius 2 is 2.24 bits per heavy atom. The number of aromatic nitrogens is 3. The van der Waals surface area contributed by atoms with Crippen LogP contribution in [0.25, 0.3) is 0 Å². The Morgan fingerprint density at radius 1 is 1.35 bits per heavy atom. The minimum Gasteiger partial charge on any atom is -0.352 e. The Labute approximate surface area is 102 Å². The van der Waals surface area contributed by atoms with Gasteiger partial charge in [0.05, 0.1) is 6.54 Å². The molecular weight excluding hydrogens is 212 g/mol. The minimum atomic E-state index is 0.172. The van der Waals surface area contributed by atoms with E-state index in [0.717, 1.165) is 25.9 Å². The monoisotopic (exact) mass is 232 g/mol. The van der Waals surface area contributed by atoms with Crippen molar-refractivity contribution < 1.29 is 0 Å². The van der Waals surface area contributed by atoms with Gasteiger partial charge in [0.2, 0.25) is 0 Å². The molecule has 17 heavy (non-hydrogen) atoms. The van der Waals surface area contributed by atoms with Crippen LogP contribution in [0.4, 0.5) is 0 Å². The van der Waals surface area contributed by atoms with Gasteiger partial charge < -0.3 is 10.3 Å². The van der Waals surface area contributed by atoms with E-state index in [-0.39, 0.29) is 6.04 Å². The van der Waals surface area contributed by atoms with Crippen LogP contribution in [0.3, 0.4) is 0 Å². The highest BCUT2D eigenvalue weighted by molar-refractivity contribution is 5.14. The molecule has 0 radical (unpaired) electrons. The van der Waals surface area contributed by atoms with E-state index in [0.29, 0.717) is 0 Å². The predicted molar refractivity (Wildman–Crippen MR) is 68.5 cm³/mol. The average Bonchev–Trinajstić information content (AvgIpc) is 2.98. The smallest absolute Gasteiger partial charge is 0.0588 e. The second-order valence-electron chi connectivity index (χ2n) is 4.35. The molecule has 0 aliphatic carbocycles. The second kappa shape index (κ2) is 5.68. The summed E-state index contributed by atoms with van der Waals surface area (Å²) in [5, 5.41) is 4.18. The summed E-state index contributed by atoms with van der Waals surface area (Å²) < 4.78 is 4.11. The third-order valence-electron chi connectivity index (χ3n) is 2.95. The molecule has 4 nitrogen and oxygen atoms in total. The molecule has 0 saturated heterocycles. The zero-order chi connectivity index (χ0) is 12.1. The van der Waals surface area contributed by atoms with Crippen molar-refractivity contribution in [1.29, 1.82) is 0 Å². The molecule has 0 amide bonds. The summed E-state index contributed by atoms with van der Waals surface area (Å²) in [6.07, 6.45) is 10.2. The molecule has 0 aliphatic rings. The van der Waals surface area contributed by atoms with Crippen LogP contribution in [-0.4, -0.2) is 14.3 Å². The fourth-order valence-corrected chi connectivity index (χ4v) is 1.95. The maximum Gasteiger partial charge on any atom is 0.0588 e. The van der Waals surface area contributed by atoms with Crippen molar-refractivity contribution in [3.63, 3.8) is 0 Å². The molecule has 1 atom stereocenters. The van der Waals surface area contributed by atoms with Crippen molar-refractivity contribution in [3.8, 4) is 0 Å². The van der Waals surface area contributed by atoms with Gasteiger partial charge in [-0.3, -0.25) is 4.68 Å². The number of rotatable bonds is 6. The summed E-state index contributed by atoms with van der Waals surface area (Å²) >= 11 is 0. The van der Waals surface area contributed by atoms with E-state index in [1.54, 1.807) is 6.20 Å². The van der Waals surface area contributed by atoms with E-state index in [9.17, 15) is 0 Å². The van der Waals surface area contributed by atoms with E-state index >= 15 is 0 Å². The maximum absolute atomic E-state index is 6.08. The van der Waals surface area contributed by atoms with E-state index in [4.69, 9.17) is 5.73 Å². The molecule has 2 rings (SSSR count). The fourth-order valence-electron chi connectivity index (χ4n) is 1.95. The highest BCUT2D eigenvalue weighted by Crippen LogP contribution is 2.15. The van der Waals surface area contributed by atoms with Gasteiger partial charge in [0.1, 0.15) is 0 Å². The topological polar surface area (TPSA) is 48.8 Å². The van der Waals surface area contributed by atoms with Crippen LogP contribution in [0.2, 0.25) is 0 Å². The number of nitrogens with two attached hydrogens (primary N) is 1. The van der Waals surface area contributed by atoms with Gasteiger partial charge in [-0.25, -0.2) is 0 Å². The highest BCUT2D eigenvalue weighted by atomic mass is 15.3. The van der Waals surface area contributed by atoms with Crippen molar-refractivity contribution in [2.24, 2.45) is 5.73 Å². The van der Waals surface area contributed by atoms with Crippen LogP contribution >= 0.6 is 0 Å². The lowest BCUT2D eigenvalue weighted by Crippen LogP contribution is -2.09. The summed E-state index contributed by atoms with van der Waals surface area (Å²) in [5.74, 6) is 0. The molecule has 2 N–H and O–H groups in total. The van der Waals surface area contributed by atoms with Crippen molar-refractivity contribution in [2.45, 2.75) is 38.9 Å².